The highest BCUT2D eigenvalue weighted by Gasteiger charge is 2.29. The third-order valence-electron chi connectivity index (χ3n) is 6.21. The van der Waals surface area contributed by atoms with E-state index in [1.807, 2.05) is 6.92 Å². The van der Waals surface area contributed by atoms with Crippen molar-refractivity contribution in [2.75, 3.05) is 18.5 Å². The van der Waals surface area contributed by atoms with Gasteiger partial charge in [-0.2, -0.15) is 4.31 Å². The second-order valence-corrected chi connectivity index (χ2v) is 10.6. The minimum atomic E-state index is -3.65. The molecule has 11 nitrogen and oxygen atoms in total. The predicted molar refractivity (Wildman–Crippen MR) is 135 cm³/mol. The summed E-state index contributed by atoms with van der Waals surface area (Å²) in [5, 5.41) is 20.2. The molecule has 1 aliphatic heterocycles. The van der Waals surface area contributed by atoms with Crippen LogP contribution in [0.25, 0.3) is 11.5 Å². The largest absolute Gasteiger partial charge is 0.394 e. The van der Waals surface area contributed by atoms with Gasteiger partial charge in [0.05, 0.1) is 17.5 Å². The molecule has 1 aliphatic rings. The highest BCUT2D eigenvalue weighted by Crippen LogP contribution is 2.25. The molecule has 2 N–H and O–H groups in total. The Labute approximate surface area is 213 Å². The summed E-state index contributed by atoms with van der Waals surface area (Å²) in [4.78, 5) is 22.0. The summed E-state index contributed by atoms with van der Waals surface area (Å²) in [7, 11) is -3.65. The first-order valence-electron chi connectivity index (χ1n) is 11.7. The maximum Gasteiger partial charge on any atom is 0.275 e. The van der Waals surface area contributed by atoms with Crippen LogP contribution < -0.4 is 5.32 Å². The van der Waals surface area contributed by atoms with E-state index in [1.165, 1.54) is 10.6 Å². The summed E-state index contributed by atoms with van der Waals surface area (Å²) in [6.07, 6.45) is 3.65. The number of hydrogen-bond acceptors (Lipinski definition) is 8. The van der Waals surface area contributed by atoms with Crippen molar-refractivity contribution in [2.24, 2.45) is 0 Å². The summed E-state index contributed by atoms with van der Waals surface area (Å²) in [6, 6.07) is 14.8. The molecule has 1 aromatic carbocycles. The summed E-state index contributed by atoms with van der Waals surface area (Å²) < 4.78 is 29.3. The van der Waals surface area contributed by atoms with E-state index >= 15 is 0 Å². The summed E-state index contributed by atoms with van der Waals surface area (Å²) >= 11 is 0. The van der Waals surface area contributed by atoms with Crippen molar-refractivity contribution in [2.45, 2.75) is 30.8 Å². The van der Waals surface area contributed by atoms with Crippen LogP contribution in [0.4, 0.5) is 5.82 Å². The van der Waals surface area contributed by atoms with Gasteiger partial charge in [0.15, 0.2) is 5.82 Å². The normalized spacial score (nSPS) is 14.6. The van der Waals surface area contributed by atoms with Gasteiger partial charge < -0.3 is 15.0 Å². The van der Waals surface area contributed by atoms with E-state index in [2.05, 4.69) is 25.5 Å². The van der Waals surface area contributed by atoms with Gasteiger partial charge in [0, 0.05) is 19.3 Å². The highest BCUT2D eigenvalue weighted by molar-refractivity contribution is 7.89. The van der Waals surface area contributed by atoms with E-state index in [1.54, 1.807) is 65.4 Å². The molecule has 0 radical (unpaired) electrons. The number of sulfonamides is 1. The van der Waals surface area contributed by atoms with Gasteiger partial charge in [-0.15, -0.1) is 10.2 Å². The number of nitrogens with one attached hydrogen (secondary N) is 1. The molecule has 0 fully saturated rings. The maximum atomic E-state index is 13.1. The van der Waals surface area contributed by atoms with Crippen molar-refractivity contribution < 1.29 is 18.3 Å². The SMILES string of the molecule is C[C@H](CO)n1cnnc1-c1cccc(NC(=O)c2cc3c(cn2)CCN(S(=O)(=O)c2ccccc2)C3)n1. The van der Waals surface area contributed by atoms with Crippen molar-refractivity contribution in [3.8, 4) is 11.5 Å². The highest BCUT2D eigenvalue weighted by atomic mass is 32.2. The minimum absolute atomic E-state index is 0.0878. The standard InChI is InChI=1S/C25H25N7O4S/c1-17(15-33)32-16-27-30-24(32)21-8-5-9-23(28-21)29-25(34)22-12-19-14-31(11-10-18(19)13-26-22)37(35,36)20-6-3-2-4-7-20/h2-9,12-13,16-17,33H,10-11,14-15H2,1H3,(H,28,29,34)/t17-/m1/s1. The molecule has 0 saturated heterocycles. The molecule has 12 heteroatoms. The number of aliphatic hydroxyl groups excluding tert-OH is 1. The number of carbonyl (C=O) groups excluding carboxylic acids is 1. The summed E-state index contributed by atoms with van der Waals surface area (Å²) in [5.41, 5.74) is 2.28. The molecule has 190 valence electrons. The lowest BCUT2D eigenvalue weighted by Gasteiger charge is -2.28. The second kappa shape index (κ2) is 10.2. The Morgan fingerprint density at radius 2 is 1.95 bits per heavy atom. The van der Waals surface area contributed by atoms with Crippen molar-refractivity contribution in [1.82, 2.24) is 29.0 Å². The Balaban J connectivity index is 1.35. The molecule has 0 aliphatic carbocycles. The van der Waals surface area contributed by atoms with Gasteiger partial charge in [-0.1, -0.05) is 24.3 Å². The van der Waals surface area contributed by atoms with Crippen molar-refractivity contribution in [3.63, 3.8) is 0 Å². The van der Waals surface area contributed by atoms with E-state index in [-0.39, 0.29) is 29.8 Å². The number of rotatable bonds is 7. The molecule has 0 unspecified atom stereocenters. The van der Waals surface area contributed by atoms with Crippen LogP contribution in [0.2, 0.25) is 0 Å². The van der Waals surface area contributed by atoms with Crippen LogP contribution >= 0.6 is 0 Å². The van der Waals surface area contributed by atoms with Crippen molar-refractivity contribution in [1.29, 1.82) is 0 Å². The Bertz CT molecular complexity index is 1540. The van der Waals surface area contributed by atoms with Gasteiger partial charge in [-0.05, 0) is 54.8 Å². The van der Waals surface area contributed by atoms with Crippen LogP contribution in [0.15, 0.2) is 72.0 Å². The molecule has 0 saturated carbocycles. The average Bonchev–Trinajstić information content (AvgIpc) is 3.43. The lowest BCUT2D eigenvalue weighted by Crippen LogP contribution is -2.36. The zero-order valence-electron chi connectivity index (χ0n) is 20.0. The molecule has 4 heterocycles. The van der Waals surface area contributed by atoms with Gasteiger partial charge in [-0.25, -0.2) is 13.4 Å². The number of nitrogens with zero attached hydrogens (tertiary/aromatic N) is 6. The lowest BCUT2D eigenvalue weighted by molar-refractivity contribution is 0.102. The number of anilines is 1. The van der Waals surface area contributed by atoms with Crippen LogP contribution in [0.3, 0.4) is 0 Å². The van der Waals surface area contributed by atoms with Gasteiger partial charge in [-0.3, -0.25) is 9.78 Å². The fourth-order valence-electron chi connectivity index (χ4n) is 4.13. The van der Waals surface area contributed by atoms with Crippen molar-refractivity contribution in [3.05, 3.63) is 83.9 Å². The average molecular weight is 520 g/mol. The van der Waals surface area contributed by atoms with Crippen LogP contribution in [-0.4, -0.2) is 61.6 Å². The van der Waals surface area contributed by atoms with E-state index in [4.69, 9.17) is 0 Å². The molecule has 0 bridgehead atoms. The summed E-state index contributed by atoms with van der Waals surface area (Å²) in [6.45, 7) is 2.23. The van der Waals surface area contributed by atoms with Crippen LogP contribution in [0.1, 0.15) is 34.6 Å². The Hall–Kier alpha value is -4.00. The van der Waals surface area contributed by atoms with E-state index in [0.29, 0.717) is 30.3 Å². The predicted octanol–water partition coefficient (Wildman–Crippen LogP) is 2.29. The number of aromatic nitrogens is 5. The second-order valence-electron chi connectivity index (χ2n) is 8.70. The van der Waals surface area contributed by atoms with Gasteiger partial charge in [0.2, 0.25) is 10.0 Å². The van der Waals surface area contributed by atoms with Crippen molar-refractivity contribution >= 4 is 21.7 Å². The van der Waals surface area contributed by atoms with Crippen LogP contribution in [-0.2, 0) is 23.0 Å². The number of pyridine rings is 2. The number of amides is 1. The van der Waals surface area contributed by atoms with Gasteiger partial charge in [0.1, 0.15) is 23.5 Å². The minimum Gasteiger partial charge on any atom is -0.394 e. The molecule has 1 amide bonds. The Morgan fingerprint density at radius 1 is 1.14 bits per heavy atom. The fourth-order valence-corrected chi connectivity index (χ4v) is 5.57. The molecule has 0 spiro atoms. The third kappa shape index (κ3) is 4.99. The number of carbonyl (C=O) groups is 1. The smallest absolute Gasteiger partial charge is 0.275 e. The quantitative estimate of drug-likeness (QED) is 0.379. The number of fused-ring (bicyclic) bond motifs is 1. The zero-order chi connectivity index (χ0) is 26.0. The lowest BCUT2D eigenvalue weighted by atomic mass is 10.0. The number of benzene rings is 1. The molecule has 4 aromatic rings. The number of hydrogen-bond donors (Lipinski definition) is 2. The topological polar surface area (TPSA) is 143 Å². The van der Waals surface area contributed by atoms with Gasteiger partial charge in [0.25, 0.3) is 5.91 Å². The molecular formula is C25H25N7O4S. The first-order valence-corrected chi connectivity index (χ1v) is 13.1. The zero-order valence-corrected chi connectivity index (χ0v) is 20.8. The molecule has 1 atom stereocenters. The first kappa shape index (κ1) is 24.7. The molecule has 37 heavy (non-hydrogen) atoms. The molecular weight excluding hydrogens is 494 g/mol. The van der Waals surface area contributed by atoms with E-state index in [9.17, 15) is 18.3 Å². The Morgan fingerprint density at radius 3 is 2.73 bits per heavy atom. The Kier molecular flexibility index (Phi) is 6.78. The third-order valence-corrected chi connectivity index (χ3v) is 8.07. The molecule has 3 aromatic heterocycles. The monoisotopic (exact) mass is 519 g/mol. The van der Waals surface area contributed by atoms with Crippen LogP contribution in [0.5, 0.6) is 0 Å². The molecule has 5 rings (SSSR count). The van der Waals surface area contributed by atoms with Crippen LogP contribution in [0, 0.1) is 0 Å². The fraction of sp³-hybridized carbons (Fsp3) is 0.240. The van der Waals surface area contributed by atoms with E-state index < -0.39 is 15.9 Å². The van der Waals surface area contributed by atoms with Gasteiger partial charge >= 0.3 is 0 Å². The van der Waals surface area contributed by atoms with E-state index in [0.717, 1.165) is 11.1 Å². The maximum absolute atomic E-state index is 13.1. The number of aliphatic hydroxyl groups is 1. The summed E-state index contributed by atoms with van der Waals surface area (Å²) in [5.74, 6) is 0.284. The first-order chi connectivity index (χ1) is 17.9.